The van der Waals surface area contributed by atoms with Gasteiger partial charge in [-0.2, -0.15) is 0 Å². The summed E-state index contributed by atoms with van der Waals surface area (Å²) >= 11 is 0. The molecule has 0 aromatic heterocycles. The van der Waals surface area contributed by atoms with Crippen molar-refractivity contribution in [2.24, 2.45) is 0 Å². The number of piperazine rings is 1. The first-order valence-corrected chi connectivity index (χ1v) is 8.09. The summed E-state index contributed by atoms with van der Waals surface area (Å²) in [6, 6.07) is 5.74. The minimum absolute atomic E-state index is 0.105. The molecule has 3 saturated heterocycles. The Kier molecular flexibility index (Phi) is 3.78. The van der Waals surface area contributed by atoms with E-state index in [1.807, 2.05) is 31.7 Å². The minimum atomic E-state index is -0.476. The van der Waals surface area contributed by atoms with Gasteiger partial charge in [-0.05, 0) is 45.7 Å². The molecule has 0 spiro atoms. The van der Waals surface area contributed by atoms with E-state index in [0.29, 0.717) is 12.2 Å². The number of nitrogens with zero attached hydrogens (tertiary/aromatic N) is 2. The first-order chi connectivity index (χ1) is 10.7. The van der Waals surface area contributed by atoms with Gasteiger partial charge >= 0.3 is 6.09 Å². The van der Waals surface area contributed by atoms with Crippen LogP contribution in [-0.4, -0.2) is 46.9 Å². The summed E-state index contributed by atoms with van der Waals surface area (Å²) in [5, 5.41) is 9.83. The number of piperidine rings is 2. The molecule has 23 heavy (non-hydrogen) atoms. The van der Waals surface area contributed by atoms with Gasteiger partial charge in [0, 0.05) is 30.9 Å². The number of hydrogen-bond acceptors (Lipinski definition) is 5. The molecule has 1 amide bonds. The Labute approximate surface area is 136 Å². The molecule has 1 aromatic rings. The van der Waals surface area contributed by atoms with E-state index < -0.39 is 5.60 Å². The fraction of sp³-hybridized carbons (Fsp3) is 0.588. The number of rotatable bonds is 1. The summed E-state index contributed by atoms with van der Waals surface area (Å²) in [4.78, 5) is 16.5. The molecule has 3 heterocycles. The maximum atomic E-state index is 12.4. The highest BCUT2D eigenvalue weighted by atomic mass is 16.6. The van der Waals surface area contributed by atoms with E-state index in [4.69, 9.17) is 10.5 Å². The molecule has 6 nitrogen and oxygen atoms in total. The van der Waals surface area contributed by atoms with Crippen LogP contribution in [0, 0.1) is 0 Å². The van der Waals surface area contributed by atoms with Crippen molar-refractivity contribution in [3.8, 4) is 5.75 Å². The molecule has 3 aliphatic rings. The molecule has 2 unspecified atom stereocenters. The lowest BCUT2D eigenvalue weighted by Crippen LogP contribution is -2.64. The van der Waals surface area contributed by atoms with Crippen molar-refractivity contribution in [3.63, 3.8) is 0 Å². The maximum Gasteiger partial charge on any atom is 0.410 e. The van der Waals surface area contributed by atoms with Crippen LogP contribution in [0.1, 0.15) is 33.6 Å². The van der Waals surface area contributed by atoms with Gasteiger partial charge in [0.2, 0.25) is 0 Å². The Hall–Kier alpha value is -2.11. The lowest BCUT2D eigenvalue weighted by Gasteiger charge is -2.52. The molecule has 3 fully saturated rings. The number of amides is 1. The summed E-state index contributed by atoms with van der Waals surface area (Å²) in [6.45, 7) is 7.07. The van der Waals surface area contributed by atoms with Crippen LogP contribution in [0.5, 0.6) is 5.75 Å². The Morgan fingerprint density at radius 3 is 2.52 bits per heavy atom. The highest BCUT2D eigenvalue weighted by molar-refractivity contribution is 5.70. The molecule has 6 heteroatoms. The number of hydrogen-bond donors (Lipinski definition) is 2. The quantitative estimate of drug-likeness (QED) is 0.614. The van der Waals surface area contributed by atoms with Crippen LogP contribution in [-0.2, 0) is 4.74 Å². The first-order valence-electron chi connectivity index (χ1n) is 8.09. The van der Waals surface area contributed by atoms with Gasteiger partial charge in [-0.25, -0.2) is 4.79 Å². The third-order valence-electron chi connectivity index (χ3n) is 4.50. The third kappa shape index (κ3) is 3.16. The van der Waals surface area contributed by atoms with Gasteiger partial charge in [0.05, 0.1) is 11.7 Å². The molecular weight excluding hydrogens is 294 g/mol. The van der Waals surface area contributed by atoms with Crippen LogP contribution >= 0.6 is 0 Å². The molecule has 3 aliphatic heterocycles. The summed E-state index contributed by atoms with van der Waals surface area (Å²) in [6.07, 6.45) is 1.79. The Bertz CT molecular complexity index is 612. The second-order valence-electron chi connectivity index (χ2n) is 7.41. The highest BCUT2D eigenvalue weighted by Gasteiger charge is 2.42. The van der Waals surface area contributed by atoms with Crippen molar-refractivity contribution in [1.82, 2.24) is 4.90 Å². The lowest BCUT2D eigenvalue weighted by atomic mass is 9.90. The fourth-order valence-electron chi connectivity index (χ4n) is 3.40. The number of aromatic hydroxyl groups is 1. The standard InChI is InChI=1S/C17H25N3O3/c1-17(2,3)23-16(22)20-10-12-4-5-13(20)9-19(12)11-6-7-14(18)15(21)8-11/h6-8,12-13,21H,4-5,9-10,18H2,1-3H3. The number of carbonyl (C=O) groups is 1. The van der Waals surface area contributed by atoms with Gasteiger partial charge in [-0.15, -0.1) is 0 Å². The van der Waals surface area contributed by atoms with E-state index in [1.54, 1.807) is 12.1 Å². The maximum absolute atomic E-state index is 12.4. The average molecular weight is 319 g/mol. The van der Waals surface area contributed by atoms with Crippen LogP contribution < -0.4 is 10.6 Å². The zero-order valence-electron chi connectivity index (χ0n) is 14.0. The molecule has 0 radical (unpaired) electrons. The van der Waals surface area contributed by atoms with Crippen molar-refractivity contribution >= 4 is 17.5 Å². The van der Waals surface area contributed by atoms with Crippen molar-refractivity contribution in [2.75, 3.05) is 23.7 Å². The van der Waals surface area contributed by atoms with Crippen molar-refractivity contribution < 1.29 is 14.6 Å². The minimum Gasteiger partial charge on any atom is -0.506 e. The number of fused-ring (bicyclic) bond motifs is 3. The second-order valence-corrected chi connectivity index (χ2v) is 7.41. The number of phenolic OH excluding ortho intramolecular Hbond substituents is 1. The topological polar surface area (TPSA) is 79.0 Å². The Balaban J connectivity index is 1.74. The molecule has 0 aliphatic carbocycles. The first kappa shape index (κ1) is 15.8. The number of benzene rings is 1. The summed E-state index contributed by atoms with van der Waals surface area (Å²) in [5.74, 6) is 0.105. The largest absolute Gasteiger partial charge is 0.506 e. The Morgan fingerprint density at radius 2 is 1.96 bits per heavy atom. The zero-order valence-corrected chi connectivity index (χ0v) is 14.0. The van der Waals surface area contributed by atoms with E-state index >= 15 is 0 Å². The molecule has 126 valence electrons. The summed E-state index contributed by atoms with van der Waals surface area (Å²) < 4.78 is 5.52. The molecule has 4 rings (SSSR count). The van der Waals surface area contributed by atoms with Crippen LogP contribution in [0.4, 0.5) is 16.2 Å². The predicted molar refractivity (Wildman–Crippen MR) is 89.6 cm³/mol. The van der Waals surface area contributed by atoms with Gasteiger partial charge in [-0.1, -0.05) is 0 Å². The average Bonchev–Trinajstić information content (AvgIpc) is 2.48. The fourth-order valence-corrected chi connectivity index (χ4v) is 3.40. The molecule has 0 saturated carbocycles. The summed E-state index contributed by atoms with van der Waals surface area (Å²) in [7, 11) is 0. The number of ether oxygens (including phenoxy) is 1. The number of nitrogens with two attached hydrogens (primary N) is 1. The molecular formula is C17H25N3O3. The smallest absolute Gasteiger partial charge is 0.410 e. The lowest BCUT2D eigenvalue weighted by molar-refractivity contribution is 0.000879. The van der Waals surface area contributed by atoms with Crippen LogP contribution in [0.3, 0.4) is 0 Å². The van der Waals surface area contributed by atoms with E-state index in [2.05, 4.69) is 4.90 Å². The zero-order chi connectivity index (χ0) is 16.8. The number of nitrogen functional groups attached to an aromatic ring is 1. The Morgan fingerprint density at radius 1 is 1.26 bits per heavy atom. The van der Waals surface area contributed by atoms with Crippen LogP contribution in [0.15, 0.2) is 18.2 Å². The monoisotopic (exact) mass is 319 g/mol. The number of carbonyl (C=O) groups excluding carboxylic acids is 1. The molecule has 3 N–H and O–H groups in total. The molecule has 1 aromatic carbocycles. The second kappa shape index (κ2) is 5.51. The van der Waals surface area contributed by atoms with Gasteiger partial charge in [-0.3, -0.25) is 0 Å². The van der Waals surface area contributed by atoms with E-state index in [-0.39, 0.29) is 23.9 Å². The van der Waals surface area contributed by atoms with Gasteiger partial charge in [0.15, 0.2) is 0 Å². The van der Waals surface area contributed by atoms with Gasteiger partial charge in [0.1, 0.15) is 11.4 Å². The van der Waals surface area contributed by atoms with Crippen LogP contribution in [0.25, 0.3) is 0 Å². The van der Waals surface area contributed by atoms with Gasteiger partial charge in [0.25, 0.3) is 0 Å². The van der Waals surface area contributed by atoms with E-state index in [0.717, 1.165) is 25.1 Å². The SMILES string of the molecule is CC(C)(C)OC(=O)N1CC2CCC1CN2c1ccc(N)c(O)c1. The van der Waals surface area contributed by atoms with E-state index in [1.165, 1.54) is 0 Å². The van der Waals surface area contributed by atoms with Crippen molar-refractivity contribution in [3.05, 3.63) is 18.2 Å². The van der Waals surface area contributed by atoms with Crippen molar-refractivity contribution in [1.29, 1.82) is 0 Å². The summed E-state index contributed by atoms with van der Waals surface area (Å²) in [5.41, 5.74) is 6.54. The molecule has 2 atom stereocenters. The van der Waals surface area contributed by atoms with Crippen LogP contribution in [0.2, 0.25) is 0 Å². The van der Waals surface area contributed by atoms with Crippen molar-refractivity contribution in [2.45, 2.75) is 51.3 Å². The predicted octanol–water partition coefficient (Wildman–Crippen LogP) is 2.56. The normalized spacial score (nSPS) is 24.0. The number of anilines is 2. The third-order valence-corrected chi connectivity index (χ3v) is 4.50. The highest BCUT2D eigenvalue weighted by Crippen LogP contribution is 2.35. The molecule has 2 bridgehead atoms. The van der Waals surface area contributed by atoms with E-state index in [9.17, 15) is 9.90 Å². The number of phenols is 1. The van der Waals surface area contributed by atoms with Gasteiger partial charge < -0.3 is 25.4 Å².